The first-order valence-electron chi connectivity index (χ1n) is 14.2. The van der Waals surface area contributed by atoms with Crippen molar-refractivity contribution in [2.75, 3.05) is 6.61 Å². The summed E-state index contributed by atoms with van der Waals surface area (Å²) in [6, 6.07) is 1.05. The van der Waals surface area contributed by atoms with E-state index in [0.29, 0.717) is 18.1 Å². The van der Waals surface area contributed by atoms with Crippen LogP contribution in [0.4, 0.5) is 30.7 Å². The predicted octanol–water partition coefficient (Wildman–Crippen LogP) is 5.80. The Morgan fingerprint density at radius 3 is 2.20 bits per heavy atom. The van der Waals surface area contributed by atoms with E-state index >= 15 is 4.39 Å². The van der Waals surface area contributed by atoms with Gasteiger partial charge in [-0.25, -0.2) is 9.18 Å². The minimum Gasteiger partial charge on any atom is -0.454 e. The van der Waals surface area contributed by atoms with Gasteiger partial charge in [-0.3, -0.25) is 9.59 Å². The maximum atomic E-state index is 17.3. The van der Waals surface area contributed by atoms with Gasteiger partial charge in [0.15, 0.2) is 18.1 Å². The van der Waals surface area contributed by atoms with Gasteiger partial charge in [0, 0.05) is 16.7 Å². The second kappa shape index (κ2) is 9.97. The number of hydrogen-bond acceptors (Lipinski definition) is 6. The van der Waals surface area contributed by atoms with Crippen LogP contribution in [-0.2, 0) is 26.7 Å². The normalized spacial score (nSPS) is 38.4. The molecular formula is C31H31F7O6. The van der Waals surface area contributed by atoms with Crippen LogP contribution >= 0.6 is 0 Å². The third-order valence-electron chi connectivity index (χ3n) is 10.9. The number of allylic oxidation sites excluding steroid dienone is 4. The van der Waals surface area contributed by atoms with E-state index in [0.717, 1.165) is 0 Å². The van der Waals surface area contributed by atoms with Crippen LogP contribution in [0.15, 0.2) is 42.0 Å². The molecule has 0 bridgehead atoms. The number of Topliss-reactive ketones (excluding diaryl/α,β-unsaturated/α-hetero) is 1. The van der Waals surface area contributed by atoms with E-state index in [-0.39, 0.29) is 30.8 Å². The van der Waals surface area contributed by atoms with Gasteiger partial charge in [0.2, 0.25) is 5.78 Å². The Bertz CT molecular complexity index is 1450. The van der Waals surface area contributed by atoms with Crippen molar-refractivity contribution >= 4 is 17.5 Å². The lowest BCUT2D eigenvalue weighted by Gasteiger charge is -2.62. The molecule has 2 N–H and O–H groups in total. The van der Waals surface area contributed by atoms with Gasteiger partial charge in [-0.15, -0.1) is 0 Å². The molecule has 4 aliphatic rings. The van der Waals surface area contributed by atoms with E-state index in [4.69, 9.17) is 4.74 Å². The van der Waals surface area contributed by atoms with Crippen LogP contribution in [0.25, 0.3) is 0 Å². The maximum absolute atomic E-state index is 17.3. The highest BCUT2D eigenvalue weighted by atomic mass is 19.4. The molecule has 8 atom stereocenters. The Morgan fingerprint density at radius 1 is 1.05 bits per heavy atom. The number of rotatable bonds is 4. The number of hydrogen-bond donors (Lipinski definition) is 2. The fraction of sp³-hybridized carbons (Fsp3) is 0.581. The summed E-state index contributed by atoms with van der Waals surface area (Å²) in [6.07, 6.45) is -8.23. The molecule has 3 saturated carbocycles. The Morgan fingerprint density at radius 2 is 1.64 bits per heavy atom. The van der Waals surface area contributed by atoms with Crippen molar-refractivity contribution in [3.63, 3.8) is 0 Å². The van der Waals surface area contributed by atoms with Crippen molar-refractivity contribution in [1.29, 1.82) is 0 Å². The molecule has 0 radical (unpaired) electrons. The van der Waals surface area contributed by atoms with Crippen LogP contribution in [0, 0.1) is 28.6 Å². The van der Waals surface area contributed by atoms with Crippen molar-refractivity contribution in [2.45, 2.75) is 76.2 Å². The first-order valence-corrected chi connectivity index (χ1v) is 14.2. The van der Waals surface area contributed by atoms with Gasteiger partial charge in [0.1, 0.15) is 5.60 Å². The summed E-state index contributed by atoms with van der Waals surface area (Å²) < 4.78 is 103. The lowest BCUT2D eigenvalue weighted by atomic mass is 9.44. The first-order chi connectivity index (χ1) is 20.1. The third kappa shape index (κ3) is 4.32. The number of aliphatic hydroxyl groups is 2. The number of carbonyl (C=O) groups excluding carboxylic acids is 3. The van der Waals surface area contributed by atoms with E-state index in [1.54, 1.807) is 6.92 Å². The highest BCUT2D eigenvalue weighted by Gasteiger charge is 2.75. The minimum absolute atomic E-state index is 0.0998. The fourth-order valence-corrected chi connectivity index (χ4v) is 8.70. The van der Waals surface area contributed by atoms with Crippen molar-refractivity contribution in [3.8, 4) is 0 Å². The van der Waals surface area contributed by atoms with E-state index in [1.165, 1.54) is 32.1 Å². The summed E-state index contributed by atoms with van der Waals surface area (Å²) in [5.41, 5.74) is -12.6. The van der Waals surface area contributed by atoms with Crippen LogP contribution < -0.4 is 0 Å². The minimum atomic E-state index is -5.36. The molecule has 0 spiro atoms. The Kier molecular flexibility index (Phi) is 7.33. The van der Waals surface area contributed by atoms with Gasteiger partial charge in [0.05, 0.1) is 22.8 Å². The quantitative estimate of drug-likeness (QED) is 0.322. The number of benzene rings is 1. The molecule has 0 aromatic heterocycles. The molecule has 240 valence electrons. The summed E-state index contributed by atoms with van der Waals surface area (Å²) in [4.78, 5) is 38.4. The first kappa shape index (κ1) is 32.3. The number of fused-ring (bicyclic) bond motifs is 5. The van der Waals surface area contributed by atoms with Gasteiger partial charge in [-0.1, -0.05) is 31.6 Å². The highest BCUT2D eigenvalue weighted by Crippen LogP contribution is 2.70. The number of ketones is 2. The molecule has 2 unspecified atom stereocenters. The zero-order valence-corrected chi connectivity index (χ0v) is 24.0. The molecule has 6 nitrogen and oxygen atoms in total. The summed E-state index contributed by atoms with van der Waals surface area (Å²) in [7, 11) is 0. The summed E-state index contributed by atoms with van der Waals surface area (Å²) >= 11 is 0. The molecule has 0 amide bonds. The molecule has 13 heteroatoms. The molecule has 0 heterocycles. The maximum Gasteiger partial charge on any atom is 0.417 e. The molecule has 3 fully saturated rings. The molecule has 1 aromatic rings. The number of alkyl halides is 7. The predicted molar refractivity (Wildman–Crippen MR) is 140 cm³/mol. The molecule has 1 aromatic carbocycles. The summed E-state index contributed by atoms with van der Waals surface area (Å²) in [6.45, 7) is 3.20. The molecular weight excluding hydrogens is 601 g/mol. The van der Waals surface area contributed by atoms with Gasteiger partial charge in [-0.05, 0) is 68.7 Å². The largest absolute Gasteiger partial charge is 0.454 e. The summed E-state index contributed by atoms with van der Waals surface area (Å²) in [5.74, 6) is -6.03. The Hall–Kier alpha value is -3.06. The average Bonchev–Trinajstić information content (AvgIpc) is 3.12. The average molecular weight is 633 g/mol. The molecule has 0 saturated heterocycles. The van der Waals surface area contributed by atoms with E-state index in [2.05, 4.69) is 0 Å². The SMILES string of the molecule is C[C@@H]1CC2C3CCC4=CC(=O)C=C[C@]4(C)[C@@]3(F)[C@@H](O)C[C@]2(C)[C@@]1(O)C(=O)COC(=O)c1c(C(F)(F)F)cccc1C(F)(F)F. The van der Waals surface area contributed by atoms with E-state index in [1.807, 2.05) is 0 Å². The molecule has 5 rings (SSSR count). The summed E-state index contributed by atoms with van der Waals surface area (Å²) in [5, 5.41) is 23.3. The van der Waals surface area contributed by atoms with Crippen LogP contribution in [0.2, 0.25) is 0 Å². The smallest absolute Gasteiger partial charge is 0.417 e. The number of ether oxygens (including phenoxy) is 1. The van der Waals surface area contributed by atoms with Gasteiger partial charge >= 0.3 is 18.3 Å². The van der Waals surface area contributed by atoms with E-state index in [9.17, 15) is 50.9 Å². The third-order valence-corrected chi connectivity index (χ3v) is 10.9. The van der Waals surface area contributed by atoms with Crippen molar-refractivity contribution in [2.24, 2.45) is 28.6 Å². The van der Waals surface area contributed by atoms with Gasteiger partial charge in [0.25, 0.3) is 0 Å². The fourth-order valence-electron chi connectivity index (χ4n) is 8.70. The van der Waals surface area contributed by atoms with E-state index < -0.39 is 99.8 Å². The zero-order chi connectivity index (χ0) is 32.8. The van der Waals surface area contributed by atoms with Crippen LogP contribution in [0.3, 0.4) is 0 Å². The van der Waals surface area contributed by atoms with Gasteiger partial charge < -0.3 is 14.9 Å². The second-order valence-corrected chi connectivity index (χ2v) is 12.9. The van der Waals surface area contributed by atoms with Crippen molar-refractivity contribution < 1.29 is 60.1 Å². The van der Waals surface area contributed by atoms with Crippen molar-refractivity contribution in [1.82, 2.24) is 0 Å². The van der Waals surface area contributed by atoms with Gasteiger partial charge in [-0.2, -0.15) is 26.3 Å². The number of aliphatic hydroxyl groups excluding tert-OH is 1. The molecule has 44 heavy (non-hydrogen) atoms. The lowest BCUT2D eigenvalue weighted by molar-refractivity contribution is -0.219. The standard InChI is InChI=1S/C31H31F7O6/c1-15-11-21-18-8-7-16-12-17(39)9-10-26(16,2)28(18,32)22(40)13-27(21,3)29(15,43)23(41)14-44-25(42)24-19(30(33,34)35)5-4-6-20(24)31(36,37)38/h4-6,9-10,12,15,18,21-22,40,43H,7-8,11,13-14H2,1-3H3/t15-,18?,21?,22+,26+,27+,28+,29+/m1/s1. The number of carbonyl (C=O) groups is 3. The number of halogens is 7. The Balaban J connectivity index is 1.45. The topological polar surface area (TPSA) is 101 Å². The lowest BCUT2D eigenvalue weighted by Crippen LogP contribution is -2.69. The van der Waals surface area contributed by atoms with Crippen LogP contribution in [0.1, 0.15) is 67.9 Å². The molecule has 4 aliphatic carbocycles. The second-order valence-electron chi connectivity index (χ2n) is 12.9. The highest BCUT2D eigenvalue weighted by molar-refractivity contribution is 6.01. The Labute approximate surface area is 247 Å². The number of esters is 1. The monoisotopic (exact) mass is 632 g/mol. The van der Waals surface area contributed by atoms with Crippen LogP contribution in [0.5, 0.6) is 0 Å². The van der Waals surface area contributed by atoms with Crippen LogP contribution in [-0.4, -0.2) is 51.7 Å². The van der Waals surface area contributed by atoms with Crippen molar-refractivity contribution in [3.05, 3.63) is 58.7 Å². The zero-order valence-electron chi connectivity index (χ0n) is 24.0. The molecule has 0 aliphatic heterocycles.